The normalized spacial score (nSPS) is 25.2. The topological polar surface area (TPSA) is 89.4 Å². The number of hydrogen-bond acceptors (Lipinski definition) is 4. The molecule has 1 aliphatic heterocycles. The zero-order chi connectivity index (χ0) is 9.90. The van der Waals surface area contributed by atoms with Crippen LogP contribution >= 0.6 is 0 Å². The number of nitrogens with zero attached hydrogens (tertiary/aromatic N) is 1. The Morgan fingerprint density at radius 3 is 2.62 bits per heavy atom. The lowest BCUT2D eigenvalue weighted by Crippen LogP contribution is -2.31. The number of likely N-dealkylation sites (tertiary alicyclic amines) is 1. The highest BCUT2D eigenvalue weighted by Crippen LogP contribution is 2.13. The molecule has 1 atom stereocenters. The van der Waals surface area contributed by atoms with Crippen LogP contribution in [-0.4, -0.2) is 45.2 Å². The van der Waals surface area contributed by atoms with E-state index in [1.165, 1.54) is 0 Å². The summed E-state index contributed by atoms with van der Waals surface area (Å²) in [5.41, 5.74) is 5.51. The monoisotopic (exact) mass is 207 g/mol. The van der Waals surface area contributed by atoms with Gasteiger partial charge in [0.2, 0.25) is 10.0 Å². The van der Waals surface area contributed by atoms with E-state index in [0.717, 1.165) is 19.5 Å². The zero-order valence-corrected chi connectivity index (χ0v) is 8.46. The fraction of sp³-hybridized carbons (Fsp3) is 1.00. The van der Waals surface area contributed by atoms with Crippen molar-refractivity contribution in [2.75, 3.05) is 31.9 Å². The van der Waals surface area contributed by atoms with E-state index >= 15 is 0 Å². The molecular formula is C7H17N3O2S. The summed E-state index contributed by atoms with van der Waals surface area (Å²) >= 11 is 0. The van der Waals surface area contributed by atoms with E-state index in [-0.39, 0.29) is 5.75 Å². The van der Waals surface area contributed by atoms with Crippen molar-refractivity contribution in [2.45, 2.75) is 6.42 Å². The molecular weight excluding hydrogens is 190 g/mol. The van der Waals surface area contributed by atoms with Crippen LogP contribution in [0, 0.1) is 5.92 Å². The van der Waals surface area contributed by atoms with Gasteiger partial charge in [-0.05, 0) is 25.4 Å². The molecule has 5 nitrogen and oxygen atoms in total. The summed E-state index contributed by atoms with van der Waals surface area (Å²) in [6, 6.07) is 0. The molecule has 1 aliphatic rings. The van der Waals surface area contributed by atoms with Gasteiger partial charge in [-0.2, -0.15) is 0 Å². The number of nitrogens with two attached hydrogens (primary N) is 2. The van der Waals surface area contributed by atoms with E-state index in [0.29, 0.717) is 19.0 Å². The second-order valence-electron chi connectivity index (χ2n) is 3.56. The standard InChI is InChI=1S/C7H17N3O2S/c8-5-7-1-2-10(6-7)3-4-13(9,11)12/h7H,1-6,8H2,(H2,9,11,12). The molecule has 0 aromatic carbocycles. The Morgan fingerprint density at radius 1 is 1.46 bits per heavy atom. The summed E-state index contributed by atoms with van der Waals surface area (Å²) in [5, 5.41) is 4.90. The Morgan fingerprint density at radius 2 is 2.15 bits per heavy atom. The molecule has 0 aromatic rings. The Balaban J connectivity index is 2.25. The maximum Gasteiger partial charge on any atom is 0.210 e. The lowest BCUT2D eigenvalue weighted by atomic mass is 10.1. The smallest absolute Gasteiger partial charge is 0.210 e. The van der Waals surface area contributed by atoms with Gasteiger partial charge in [-0.15, -0.1) is 0 Å². The highest BCUT2D eigenvalue weighted by Gasteiger charge is 2.21. The third kappa shape index (κ3) is 4.04. The predicted octanol–water partition coefficient (Wildman–Crippen LogP) is -1.44. The molecule has 4 N–H and O–H groups in total. The SMILES string of the molecule is NCC1CCN(CCS(N)(=O)=O)C1. The van der Waals surface area contributed by atoms with Crippen molar-refractivity contribution in [3.63, 3.8) is 0 Å². The van der Waals surface area contributed by atoms with E-state index < -0.39 is 10.0 Å². The largest absolute Gasteiger partial charge is 0.330 e. The summed E-state index contributed by atoms with van der Waals surface area (Å²) in [7, 11) is -3.31. The molecule has 0 aliphatic carbocycles. The number of hydrogen-bond donors (Lipinski definition) is 2. The van der Waals surface area contributed by atoms with E-state index in [1.807, 2.05) is 0 Å². The first-order valence-electron chi connectivity index (χ1n) is 4.44. The molecule has 78 valence electrons. The van der Waals surface area contributed by atoms with E-state index in [1.54, 1.807) is 0 Å². The predicted molar refractivity (Wildman–Crippen MR) is 51.6 cm³/mol. The highest BCUT2D eigenvalue weighted by molar-refractivity contribution is 7.89. The Hall–Kier alpha value is -0.170. The van der Waals surface area contributed by atoms with Crippen LogP contribution in [0.15, 0.2) is 0 Å². The summed E-state index contributed by atoms with van der Waals surface area (Å²) in [6.45, 7) is 3.07. The van der Waals surface area contributed by atoms with Crippen LogP contribution in [0.25, 0.3) is 0 Å². The third-order valence-electron chi connectivity index (χ3n) is 2.40. The van der Waals surface area contributed by atoms with Crippen LogP contribution in [0.1, 0.15) is 6.42 Å². The fourth-order valence-electron chi connectivity index (χ4n) is 1.56. The maximum atomic E-state index is 10.7. The zero-order valence-electron chi connectivity index (χ0n) is 7.65. The molecule has 0 bridgehead atoms. The van der Waals surface area contributed by atoms with Crippen molar-refractivity contribution in [3.8, 4) is 0 Å². The molecule has 0 amide bonds. The van der Waals surface area contributed by atoms with Crippen LogP contribution in [0.3, 0.4) is 0 Å². The van der Waals surface area contributed by atoms with E-state index in [2.05, 4.69) is 4.90 Å². The molecule has 0 spiro atoms. The molecule has 6 heteroatoms. The molecule has 0 aromatic heterocycles. The van der Waals surface area contributed by atoms with Crippen molar-refractivity contribution < 1.29 is 8.42 Å². The van der Waals surface area contributed by atoms with Gasteiger partial charge in [-0.25, -0.2) is 13.6 Å². The molecule has 13 heavy (non-hydrogen) atoms. The average molecular weight is 207 g/mol. The summed E-state index contributed by atoms with van der Waals surface area (Å²) in [6.07, 6.45) is 1.07. The van der Waals surface area contributed by atoms with Gasteiger partial charge >= 0.3 is 0 Å². The third-order valence-corrected chi connectivity index (χ3v) is 3.15. The minimum Gasteiger partial charge on any atom is -0.330 e. The molecule has 0 saturated carbocycles. The van der Waals surface area contributed by atoms with Gasteiger partial charge in [0.1, 0.15) is 0 Å². The summed E-state index contributed by atoms with van der Waals surface area (Å²) in [4.78, 5) is 2.10. The van der Waals surface area contributed by atoms with Crippen LogP contribution in [0.5, 0.6) is 0 Å². The van der Waals surface area contributed by atoms with Crippen LogP contribution in [-0.2, 0) is 10.0 Å². The van der Waals surface area contributed by atoms with Gasteiger partial charge in [0.15, 0.2) is 0 Å². The lowest BCUT2D eigenvalue weighted by Gasteiger charge is -2.14. The van der Waals surface area contributed by atoms with Crippen LogP contribution in [0.4, 0.5) is 0 Å². The molecule has 1 saturated heterocycles. The number of rotatable bonds is 4. The molecule has 0 radical (unpaired) electrons. The Labute approximate surface area is 79.1 Å². The first-order valence-corrected chi connectivity index (χ1v) is 6.15. The van der Waals surface area contributed by atoms with Crippen LogP contribution < -0.4 is 10.9 Å². The first-order chi connectivity index (χ1) is 6.01. The summed E-state index contributed by atoms with van der Waals surface area (Å²) < 4.78 is 21.3. The van der Waals surface area contributed by atoms with E-state index in [9.17, 15) is 8.42 Å². The molecule has 1 rings (SSSR count). The molecule has 1 unspecified atom stereocenters. The molecule has 1 heterocycles. The second-order valence-corrected chi connectivity index (χ2v) is 5.29. The number of sulfonamides is 1. The van der Waals surface area contributed by atoms with Crippen molar-refractivity contribution in [1.29, 1.82) is 0 Å². The Kier molecular flexibility index (Phi) is 3.66. The van der Waals surface area contributed by atoms with Gasteiger partial charge < -0.3 is 10.6 Å². The van der Waals surface area contributed by atoms with Crippen LogP contribution in [0.2, 0.25) is 0 Å². The highest BCUT2D eigenvalue weighted by atomic mass is 32.2. The van der Waals surface area contributed by atoms with Gasteiger partial charge in [-0.1, -0.05) is 0 Å². The molecule has 1 fully saturated rings. The van der Waals surface area contributed by atoms with Crippen molar-refractivity contribution >= 4 is 10.0 Å². The second kappa shape index (κ2) is 4.36. The fourth-order valence-corrected chi connectivity index (χ4v) is 2.08. The van der Waals surface area contributed by atoms with Crippen molar-refractivity contribution in [1.82, 2.24) is 4.90 Å². The van der Waals surface area contributed by atoms with Gasteiger partial charge in [0.25, 0.3) is 0 Å². The van der Waals surface area contributed by atoms with E-state index in [4.69, 9.17) is 10.9 Å². The Bertz CT molecular complexity index is 252. The van der Waals surface area contributed by atoms with Gasteiger partial charge in [0.05, 0.1) is 5.75 Å². The average Bonchev–Trinajstić information content (AvgIpc) is 2.47. The van der Waals surface area contributed by atoms with Gasteiger partial charge in [0, 0.05) is 13.1 Å². The minimum atomic E-state index is -3.31. The van der Waals surface area contributed by atoms with Gasteiger partial charge in [-0.3, -0.25) is 0 Å². The summed E-state index contributed by atoms with van der Waals surface area (Å²) in [5.74, 6) is 0.574. The first kappa shape index (κ1) is 10.9. The van der Waals surface area contributed by atoms with Crippen molar-refractivity contribution in [2.24, 2.45) is 16.8 Å². The minimum absolute atomic E-state index is 0.0459. The maximum absolute atomic E-state index is 10.7. The quantitative estimate of drug-likeness (QED) is 0.590. The number of primary sulfonamides is 1. The lowest BCUT2D eigenvalue weighted by molar-refractivity contribution is 0.344. The van der Waals surface area contributed by atoms with Crippen molar-refractivity contribution in [3.05, 3.63) is 0 Å².